The Bertz CT molecular complexity index is 129. The highest BCUT2D eigenvalue weighted by atomic mass is 14.2. The third-order valence-electron chi connectivity index (χ3n) is 3.03. The molecule has 0 saturated heterocycles. The fourth-order valence-electron chi connectivity index (χ4n) is 2.13. The van der Waals surface area contributed by atoms with Crippen LogP contribution in [-0.2, 0) is 0 Å². The Morgan fingerprint density at radius 2 is 1.85 bits per heavy atom. The molecule has 0 atom stereocenters. The van der Waals surface area contributed by atoms with Crippen LogP contribution in [0.3, 0.4) is 0 Å². The van der Waals surface area contributed by atoms with Gasteiger partial charge in [-0.05, 0) is 31.6 Å². The van der Waals surface area contributed by atoms with Crippen molar-refractivity contribution in [2.45, 2.75) is 64.7 Å². The highest BCUT2D eigenvalue weighted by Gasteiger charge is 2.10. The van der Waals surface area contributed by atoms with E-state index in [2.05, 4.69) is 19.1 Å². The molecule has 0 nitrogen and oxygen atoms in total. The van der Waals surface area contributed by atoms with E-state index in [-0.39, 0.29) is 0 Å². The lowest BCUT2D eigenvalue weighted by Crippen LogP contribution is -1.85. The first-order valence-corrected chi connectivity index (χ1v) is 6.10. The van der Waals surface area contributed by atoms with Gasteiger partial charge in [0, 0.05) is 0 Å². The van der Waals surface area contributed by atoms with Crippen LogP contribution < -0.4 is 0 Å². The minimum absolute atomic E-state index is 0.936. The van der Waals surface area contributed by atoms with Gasteiger partial charge in [0.2, 0.25) is 0 Å². The van der Waals surface area contributed by atoms with Gasteiger partial charge < -0.3 is 0 Å². The van der Waals surface area contributed by atoms with E-state index in [9.17, 15) is 0 Å². The number of rotatable bonds is 6. The van der Waals surface area contributed by atoms with Gasteiger partial charge in [0.25, 0.3) is 0 Å². The van der Waals surface area contributed by atoms with Crippen LogP contribution in [0.25, 0.3) is 0 Å². The normalized spacial score (nSPS) is 18.8. The lowest BCUT2D eigenvalue weighted by Gasteiger charge is -1.99. The summed E-state index contributed by atoms with van der Waals surface area (Å²) in [4.78, 5) is 0. The Hall–Kier alpha value is -0.260. The Kier molecular flexibility index (Phi) is 5.97. The van der Waals surface area contributed by atoms with E-state index in [1.165, 1.54) is 57.8 Å². The summed E-state index contributed by atoms with van der Waals surface area (Å²) in [6, 6.07) is 0. The van der Waals surface area contributed by atoms with Crippen LogP contribution in [0.1, 0.15) is 64.7 Å². The molecule has 1 fully saturated rings. The van der Waals surface area contributed by atoms with Gasteiger partial charge in [0.05, 0.1) is 0 Å². The summed E-state index contributed by atoms with van der Waals surface area (Å²) < 4.78 is 0. The van der Waals surface area contributed by atoms with Gasteiger partial charge in [-0.15, -0.1) is 0 Å². The number of unbranched alkanes of at least 4 members (excludes halogenated alkanes) is 4. The SMILES string of the molecule is CCCCCC/C=C/C1CCCC1. The van der Waals surface area contributed by atoms with Gasteiger partial charge >= 0.3 is 0 Å². The maximum absolute atomic E-state index is 2.47. The highest BCUT2D eigenvalue weighted by molar-refractivity contribution is 4.90. The molecule has 0 unspecified atom stereocenters. The zero-order valence-corrected chi connectivity index (χ0v) is 9.10. The quantitative estimate of drug-likeness (QED) is 0.410. The smallest absolute Gasteiger partial charge is 0.0234 e. The van der Waals surface area contributed by atoms with Crippen molar-refractivity contribution in [3.63, 3.8) is 0 Å². The van der Waals surface area contributed by atoms with E-state index in [1.54, 1.807) is 0 Å². The molecule has 1 saturated carbocycles. The molecule has 1 aliphatic carbocycles. The van der Waals surface area contributed by atoms with E-state index >= 15 is 0 Å². The molecular formula is C13H24. The summed E-state index contributed by atoms with van der Waals surface area (Å²) in [7, 11) is 0. The lowest BCUT2D eigenvalue weighted by molar-refractivity contribution is 0.660. The largest absolute Gasteiger partial charge is 0.0883 e. The van der Waals surface area contributed by atoms with E-state index in [0.29, 0.717) is 0 Å². The first kappa shape index (κ1) is 10.8. The molecule has 0 aromatic carbocycles. The minimum Gasteiger partial charge on any atom is -0.0883 e. The maximum Gasteiger partial charge on any atom is -0.0234 e. The lowest BCUT2D eigenvalue weighted by atomic mass is 10.1. The van der Waals surface area contributed by atoms with Gasteiger partial charge in [-0.1, -0.05) is 51.2 Å². The molecule has 0 heteroatoms. The third kappa shape index (κ3) is 5.13. The zero-order valence-electron chi connectivity index (χ0n) is 9.10. The molecule has 0 aromatic rings. The predicted molar refractivity (Wildman–Crippen MR) is 59.9 cm³/mol. The Morgan fingerprint density at radius 3 is 2.54 bits per heavy atom. The minimum atomic E-state index is 0.936. The monoisotopic (exact) mass is 180 g/mol. The number of hydrogen-bond acceptors (Lipinski definition) is 0. The summed E-state index contributed by atoms with van der Waals surface area (Å²) in [6.45, 7) is 2.27. The van der Waals surface area contributed by atoms with E-state index in [4.69, 9.17) is 0 Å². The summed E-state index contributed by atoms with van der Waals surface area (Å²) in [5, 5.41) is 0. The summed E-state index contributed by atoms with van der Waals surface area (Å²) in [5.41, 5.74) is 0. The first-order valence-electron chi connectivity index (χ1n) is 6.10. The summed E-state index contributed by atoms with van der Waals surface area (Å²) in [6.07, 6.45) is 17.6. The number of allylic oxidation sites excluding steroid dienone is 2. The topological polar surface area (TPSA) is 0 Å². The molecule has 0 bridgehead atoms. The van der Waals surface area contributed by atoms with Crippen molar-refractivity contribution in [2.75, 3.05) is 0 Å². The molecule has 13 heavy (non-hydrogen) atoms. The average Bonchev–Trinajstić information content (AvgIpc) is 2.63. The van der Waals surface area contributed by atoms with Gasteiger partial charge in [0.1, 0.15) is 0 Å². The molecule has 76 valence electrons. The van der Waals surface area contributed by atoms with Gasteiger partial charge in [0.15, 0.2) is 0 Å². The second-order valence-electron chi connectivity index (χ2n) is 4.32. The molecule has 0 aliphatic heterocycles. The maximum atomic E-state index is 2.47. The molecular weight excluding hydrogens is 156 g/mol. The van der Waals surface area contributed by atoms with Crippen LogP contribution >= 0.6 is 0 Å². The average molecular weight is 180 g/mol. The third-order valence-corrected chi connectivity index (χ3v) is 3.03. The van der Waals surface area contributed by atoms with Crippen LogP contribution in [0, 0.1) is 5.92 Å². The van der Waals surface area contributed by atoms with Crippen LogP contribution in [0.15, 0.2) is 12.2 Å². The Balaban J connectivity index is 1.91. The molecule has 0 heterocycles. The highest BCUT2D eigenvalue weighted by Crippen LogP contribution is 2.25. The van der Waals surface area contributed by atoms with Crippen molar-refractivity contribution >= 4 is 0 Å². The Morgan fingerprint density at radius 1 is 1.08 bits per heavy atom. The molecule has 0 amide bonds. The van der Waals surface area contributed by atoms with Crippen molar-refractivity contribution in [1.82, 2.24) is 0 Å². The van der Waals surface area contributed by atoms with Crippen molar-refractivity contribution in [2.24, 2.45) is 5.92 Å². The van der Waals surface area contributed by atoms with Crippen molar-refractivity contribution in [1.29, 1.82) is 0 Å². The van der Waals surface area contributed by atoms with E-state index in [0.717, 1.165) is 5.92 Å². The molecule has 1 rings (SSSR count). The van der Waals surface area contributed by atoms with E-state index < -0.39 is 0 Å². The predicted octanol–water partition coefficient (Wildman–Crippen LogP) is 4.70. The Labute approximate surface area is 83.4 Å². The molecule has 0 N–H and O–H groups in total. The van der Waals surface area contributed by atoms with Crippen molar-refractivity contribution in [3.8, 4) is 0 Å². The summed E-state index contributed by atoms with van der Waals surface area (Å²) >= 11 is 0. The van der Waals surface area contributed by atoms with Gasteiger partial charge in [-0.3, -0.25) is 0 Å². The van der Waals surface area contributed by atoms with Crippen molar-refractivity contribution < 1.29 is 0 Å². The fraction of sp³-hybridized carbons (Fsp3) is 0.846. The van der Waals surface area contributed by atoms with Crippen LogP contribution in [0.4, 0.5) is 0 Å². The second-order valence-corrected chi connectivity index (χ2v) is 4.32. The second kappa shape index (κ2) is 7.17. The molecule has 1 aliphatic rings. The first-order chi connectivity index (χ1) is 6.43. The zero-order chi connectivity index (χ0) is 9.36. The van der Waals surface area contributed by atoms with Gasteiger partial charge in [-0.2, -0.15) is 0 Å². The molecule has 0 radical (unpaired) electrons. The molecule has 0 spiro atoms. The van der Waals surface area contributed by atoms with Crippen LogP contribution in [-0.4, -0.2) is 0 Å². The van der Waals surface area contributed by atoms with Crippen molar-refractivity contribution in [3.05, 3.63) is 12.2 Å². The van der Waals surface area contributed by atoms with E-state index in [1.807, 2.05) is 0 Å². The van der Waals surface area contributed by atoms with Gasteiger partial charge in [-0.25, -0.2) is 0 Å². The molecule has 0 aromatic heterocycles. The fourth-order valence-corrected chi connectivity index (χ4v) is 2.13. The summed E-state index contributed by atoms with van der Waals surface area (Å²) in [5.74, 6) is 0.936. The van der Waals surface area contributed by atoms with Crippen LogP contribution in [0.5, 0.6) is 0 Å². The number of hydrogen-bond donors (Lipinski definition) is 0. The standard InChI is InChI=1S/C13H24/c1-2-3-4-5-6-7-10-13-11-8-9-12-13/h7,10,13H,2-6,8-9,11-12H2,1H3/b10-7+. The van der Waals surface area contributed by atoms with Crippen LogP contribution in [0.2, 0.25) is 0 Å².